The third-order valence-corrected chi connectivity index (χ3v) is 3.75. The van der Waals surface area contributed by atoms with Crippen molar-refractivity contribution < 1.29 is 0 Å². The number of nitrogens with zero attached hydrogens (tertiary/aromatic N) is 1. The van der Waals surface area contributed by atoms with E-state index < -0.39 is 0 Å². The van der Waals surface area contributed by atoms with Gasteiger partial charge in [0.25, 0.3) is 0 Å². The number of piperidine rings is 1. The van der Waals surface area contributed by atoms with Gasteiger partial charge < -0.3 is 21.8 Å². The molecule has 2 rings (SSSR count). The maximum atomic E-state index is 8.13. The number of benzene rings is 1. The molecule has 1 fully saturated rings. The second kappa shape index (κ2) is 6.57. The molecular weight excluding hydrogens is 236 g/mol. The van der Waals surface area contributed by atoms with Crippen LogP contribution in [0.2, 0.25) is 0 Å². The van der Waals surface area contributed by atoms with Crippen molar-refractivity contribution in [1.82, 2.24) is 4.90 Å². The zero-order chi connectivity index (χ0) is 13.7. The number of rotatable bonds is 5. The van der Waals surface area contributed by atoms with Crippen molar-refractivity contribution in [2.45, 2.75) is 32.1 Å². The fourth-order valence-corrected chi connectivity index (χ4v) is 2.63. The van der Waals surface area contributed by atoms with E-state index in [0.717, 1.165) is 24.9 Å². The van der Waals surface area contributed by atoms with E-state index >= 15 is 0 Å². The molecule has 4 nitrogen and oxygen atoms in total. The van der Waals surface area contributed by atoms with Crippen LogP contribution in [0.1, 0.15) is 37.7 Å². The Morgan fingerprint density at radius 2 is 1.89 bits per heavy atom. The monoisotopic (exact) mass is 260 g/mol. The zero-order valence-corrected chi connectivity index (χ0v) is 11.5. The van der Waals surface area contributed by atoms with Crippen LogP contribution in [-0.2, 0) is 0 Å². The molecule has 0 aliphatic carbocycles. The molecule has 0 amide bonds. The summed E-state index contributed by atoms with van der Waals surface area (Å²) in [5, 5.41) is 8.13. The summed E-state index contributed by atoms with van der Waals surface area (Å²) in [5.41, 5.74) is 14.4. The summed E-state index contributed by atoms with van der Waals surface area (Å²) < 4.78 is 0. The number of nitrogens with two attached hydrogens (primary N) is 2. The largest absolute Gasteiger partial charge is 0.399 e. The first-order chi connectivity index (χ1) is 9.16. The van der Waals surface area contributed by atoms with E-state index in [4.69, 9.17) is 16.9 Å². The Bertz CT molecular complexity index is 436. The second-order valence-electron chi connectivity index (χ2n) is 5.33. The maximum absolute atomic E-state index is 8.13. The molecule has 1 saturated heterocycles. The van der Waals surface area contributed by atoms with Crippen molar-refractivity contribution >= 4 is 17.1 Å². The van der Waals surface area contributed by atoms with Crippen molar-refractivity contribution in [3.05, 3.63) is 23.8 Å². The average molecular weight is 260 g/mol. The zero-order valence-electron chi connectivity index (χ0n) is 11.5. The van der Waals surface area contributed by atoms with Crippen molar-refractivity contribution in [3.63, 3.8) is 0 Å². The van der Waals surface area contributed by atoms with Crippen molar-refractivity contribution in [3.8, 4) is 0 Å². The molecule has 0 aromatic heterocycles. The van der Waals surface area contributed by atoms with Gasteiger partial charge in [0.05, 0.1) is 0 Å². The summed E-state index contributed by atoms with van der Waals surface area (Å²) in [6.07, 6.45) is 5.79. The van der Waals surface area contributed by atoms with Crippen LogP contribution in [-0.4, -0.2) is 30.2 Å². The van der Waals surface area contributed by atoms with Gasteiger partial charge in [0.1, 0.15) is 0 Å². The van der Waals surface area contributed by atoms with Gasteiger partial charge in [-0.1, -0.05) is 6.42 Å². The Kier molecular flexibility index (Phi) is 4.80. The van der Waals surface area contributed by atoms with Crippen LogP contribution in [0.25, 0.3) is 0 Å². The van der Waals surface area contributed by atoms with Gasteiger partial charge in [0.2, 0.25) is 0 Å². The molecule has 1 aliphatic rings. The molecule has 0 bridgehead atoms. The number of hydrogen-bond acceptors (Lipinski definition) is 4. The molecule has 104 valence electrons. The summed E-state index contributed by atoms with van der Waals surface area (Å²) in [4.78, 5) is 2.50. The van der Waals surface area contributed by atoms with Gasteiger partial charge in [-0.2, -0.15) is 0 Å². The first-order valence-corrected chi connectivity index (χ1v) is 7.12. The fourth-order valence-electron chi connectivity index (χ4n) is 2.63. The summed E-state index contributed by atoms with van der Waals surface area (Å²) in [6, 6.07) is 5.36. The quantitative estimate of drug-likeness (QED) is 0.562. The molecule has 0 atom stereocenters. The van der Waals surface area contributed by atoms with Gasteiger partial charge in [0.15, 0.2) is 0 Å². The van der Waals surface area contributed by atoms with E-state index in [-0.39, 0.29) is 0 Å². The molecule has 1 aliphatic heterocycles. The third kappa shape index (κ3) is 3.96. The smallest absolute Gasteiger partial charge is 0.0408 e. The molecule has 5 N–H and O–H groups in total. The van der Waals surface area contributed by atoms with Gasteiger partial charge in [-0.05, 0) is 63.5 Å². The van der Waals surface area contributed by atoms with Gasteiger partial charge in [-0.15, -0.1) is 0 Å². The molecule has 1 aromatic carbocycles. The Balaban J connectivity index is 1.82. The Labute approximate surface area is 115 Å². The van der Waals surface area contributed by atoms with Crippen LogP contribution in [0.5, 0.6) is 0 Å². The summed E-state index contributed by atoms with van der Waals surface area (Å²) >= 11 is 0. The Hall–Kier alpha value is -1.55. The predicted octanol–water partition coefficient (Wildman–Crippen LogP) is 2.48. The van der Waals surface area contributed by atoms with Crippen LogP contribution in [0.15, 0.2) is 18.2 Å². The number of likely N-dealkylation sites (tertiary alicyclic amines) is 1. The van der Waals surface area contributed by atoms with Gasteiger partial charge >= 0.3 is 0 Å². The first kappa shape index (κ1) is 13.9. The minimum absolute atomic E-state index is 0.599. The lowest BCUT2D eigenvalue weighted by molar-refractivity contribution is 0.227. The van der Waals surface area contributed by atoms with Crippen LogP contribution >= 0.6 is 0 Å². The second-order valence-corrected chi connectivity index (χ2v) is 5.33. The lowest BCUT2D eigenvalue weighted by Crippen LogP contribution is -2.30. The molecule has 4 heteroatoms. The number of hydrogen-bond donors (Lipinski definition) is 3. The van der Waals surface area contributed by atoms with Crippen LogP contribution < -0.4 is 11.5 Å². The van der Waals surface area contributed by atoms with E-state index in [0.29, 0.717) is 17.1 Å². The topological polar surface area (TPSA) is 79.1 Å². The third-order valence-electron chi connectivity index (χ3n) is 3.75. The fraction of sp³-hybridized carbons (Fsp3) is 0.533. The molecular formula is C15H24N4. The molecule has 0 saturated carbocycles. The van der Waals surface area contributed by atoms with Crippen molar-refractivity contribution in [2.24, 2.45) is 0 Å². The summed E-state index contributed by atoms with van der Waals surface area (Å²) in [5.74, 6) is 0. The highest BCUT2D eigenvalue weighted by molar-refractivity contribution is 6.03. The minimum atomic E-state index is 0.599. The van der Waals surface area contributed by atoms with Gasteiger partial charge in [-0.25, -0.2) is 0 Å². The summed E-state index contributed by atoms with van der Waals surface area (Å²) in [7, 11) is 0. The highest BCUT2D eigenvalue weighted by atomic mass is 15.1. The van der Waals surface area contributed by atoms with E-state index in [9.17, 15) is 0 Å². The van der Waals surface area contributed by atoms with Crippen molar-refractivity contribution in [2.75, 3.05) is 31.1 Å². The van der Waals surface area contributed by atoms with Crippen molar-refractivity contribution in [1.29, 1.82) is 5.41 Å². The van der Waals surface area contributed by atoms with E-state index in [1.807, 2.05) is 0 Å². The lowest BCUT2D eigenvalue weighted by atomic mass is 10.0. The molecule has 0 radical (unpaired) electrons. The SMILES string of the molecule is N=C(CCCN1CCCCC1)c1cc(N)ccc1N. The standard InChI is InChI=1S/C15H24N4/c16-12-6-7-15(18)13(11-12)14(17)5-4-10-19-8-2-1-3-9-19/h6-7,11,17H,1-5,8-10,16,18H2. The van der Waals surface area contributed by atoms with Crippen LogP contribution in [0.3, 0.4) is 0 Å². The van der Waals surface area contributed by atoms with Crippen LogP contribution in [0, 0.1) is 5.41 Å². The molecule has 0 unspecified atom stereocenters. The lowest BCUT2D eigenvalue weighted by Gasteiger charge is -2.26. The van der Waals surface area contributed by atoms with Gasteiger partial charge in [-0.3, -0.25) is 0 Å². The number of nitrogen functional groups attached to an aromatic ring is 2. The average Bonchev–Trinajstić information content (AvgIpc) is 2.42. The highest BCUT2D eigenvalue weighted by Crippen LogP contribution is 2.18. The number of nitrogens with one attached hydrogen (secondary N) is 1. The van der Waals surface area contributed by atoms with Crippen LogP contribution in [0.4, 0.5) is 11.4 Å². The molecule has 1 aromatic rings. The van der Waals surface area contributed by atoms with E-state index in [1.54, 1.807) is 18.2 Å². The van der Waals surface area contributed by atoms with E-state index in [1.165, 1.54) is 32.4 Å². The molecule has 0 spiro atoms. The number of anilines is 2. The minimum Gasteiger partial charge on any atom is -0.399 e. The normalized spacial score (nSPS) is 16.4. The molecule has 1 heterocycles. The van der Waals surface area contributed by atoms with E-state index in [2.05, 4.69) is 4.90 Å². The Morgan fingerprint density at radius 1 is 1.16 bits per heavy atom. The summed E-state index contributed by atoms with van der Waals surface area (Å²) in [6.45, 7) is 3.52. The first-order valence-electron chi connectivity index (χ1n) is 7.12. The predicted molar refractivity (Wildman–Crippen MR) is 81.6 cm³/mol. The highest BCUT2D eigenvalue weighted by Gasteiger charge is 2.11. The van der Waals surface area contributed by atoms with Gasteiger partial charge in [0, 0.05) is 22.6 Å². The Morgan fingerprint density at radius 3 is 2.63 bits per heavy atom. The molecule has 19 heavy (non-hydrogen) atoms. The maximum Gasteiger partial charge on any atom is 0.0408 e.